The molecule has 0 spiro atoms. The molecule has 0 aliphatic heterocycles. The van der Waals surface area contributed by atoms with E-state index in [-0.39, 0.29) is 11.9 Å². The van der Waals surface area contributed by atoms with Crippen molar-refractivity contribution in [2.24, 2.45) is 5.84 Å². The van der Waals surface area contributed by atoms with Crippen LogP contribution < -0.4 is 11.3 Å². The van der Waals surface area contributed by atoms with Gasteiger partial charge in [0.2, 0.25) is 0 Å². The average molecular weight is 291 g/mol. The Hall–Kier alpha value is -1.79. The SMILES string of the molecule is CCC(CC)n1ccc(CC(NN)c2ccc(F)cn2)n1. The number of nitrogens with two attached hydrogens (primary N) is 1. The van der Waals surface area contributed by atoms with E-state index in [2.05, 4.69) is 29.4 Å². The summed E-state index contributed by atoms with van der Waals surface area (Å²) < 4.78 is 14.9. The molecule has 2 rings (SSSR count). The van der Waals surface area contributed by atoms with E-state index in [1.54, 1.807) is 6.07 Å². The van der Waals surface area contributed by atoms with Gasteiger partial charge in [-0.1, -0.05) is 13.8 Å². The maximum atomic E-state index is 12.9. The zero-order chi connectivity index (χ0) is 15.2. The smallest absolute Gasteiger partial charge is 0.141 e. The summed E-state index contributed by atoms with van der Waals surface area (Å²) in [7, 11) is 0. The Labute approximate surface area is 124 Å². The van der Waals surface area contributed by atoms with Crippen molar-refractivity contribution < 1.29 is 4.39 Å². The number of aromatic nitrogens is 3. The average Bonchev–Trinajstić information content (AvgIpc) is 2.96. The minimum Gasteiger partial charge on any atom is -0.271 e. The molecule has 114 valence electrons. The maximum Gasteiger partial charge on any atom is 0.141 e. The van der Waals surface area contributed by atoms with Crippen LogP contribution in [0.5, 0.6) is 0 Å². The van der Waals surface area contributed by atoms with Gasteiger partial charge in [-0.25, -0.2) is 4.39 Å². The van der Waals surface area contributed by atoms with Crippen LogP contribution in [0.1, 0.15) is 50.2 Å². The fourth-order valence-electron chi connectivity index (χ4n) is 2.40. The van der Waals surface area contributed by atoms with Gasteiger partial charge in [-0.3, -0.25) is 20.9 Å². The lowest BCUT2D eigenvalue weighted by Gasteiger charge is -2.15. The van der Waals surface area contributed by atoms with E-state index < -0.39 is 0 Å². The van der Waals surface area contributed by atoms with Crippen LogP contribution >= 0.6 is 0 Å². The van der Waals surface area contributed by atoms with Crippen molar-refractivity contribution in [3.63, 3.8) is 0 Å². The van der Waals surface area contributed by atoms with Crippen molar-refractivity contribution in [2.75, 3.05) is 0 Å². The van der Waals surface area contributed by atoms with Gasteiger partial charge in [0.25, 0.3) is 0 Å². The van der Waals surface area contributed by atoms with Gasteiger partial charge in [-0.2, -0.15) is 5.10 Å². The Morgan fingerprint density at radius 3 is 2.62 bits per heavy atom. The second-order valence-electron chi connectivity index (χ2n) is 5.08. The van der Waals surface area contributed by atoms with Crippen LogP contribution in [-0.4, -0.2) is 14.8 Å². The molecular weight excluding hydrogens is 269 g/mol. The minimum atomic E-state index is -0.354. The first kappa shape index (κ1) is 15.6. The van der Waals surface area contributed by atoms with Gasteiger partial charge in [-0.05, 0) is 31.0 Å². The number of hydrogen-bond donors (Lipinski definition) is 2. The molecule has 2 aromatic rings. The van der Waals surface area contributed by atoms with E-state index in [4.69, 9.17) is 5.84 Å². The third-order valence-electron chi connectivity index (χ3n) is 3.70. The van der Waals surface area contributed by atoms with E-state index in [0.717, 1.165) is 18.5 Å². The van der Waals surface area contributed by atoms with Gasteiger partial charge >= 0.3 is 0 Å². The Morgan fingerprint density at radius 1 is 1.29 bits per heavy atom. The second-order valence-corrected chi connectivity index (χ2v) is 5.08. The standard InChI is InChI=1S/C15H22FN5/c1-3-13(4-2)21-8-7-12(20-21)9-15(19-17)14-6-5-11(16)10-18-14/h5-8,10,13,15,19H,3-4,9,17H2,1-2H3. The van der Waals surface area contributed by atoms with E-state index in [1.807, 2.05) is 16.9 Å². The molecule has 0 amide bonds. The van der Waals surface area contributed by atoms with Crippen molar-refractivity contribution in [3.8, 4) is 0 Å². The number of hydrogen-bond acceptors (Lipinski definition) is 4. The summed E-state index contributed by atoms with van der Waals surface area (Å²) >= 11 is 0. The predicted molar refractivity (Wildman–Crippen MR) is 79.8 cm³/mol. The first-order valence-electron chi connectivity index (χ1n) is 7.29. The zero-order valence-corrected chi connectivity index (χ0v) is 12.5. The topological polar surface area (TPSA) is 68.8 Å². The molecule has 3 N–H and O–H groups in total. The fraction of sp³-hybridized carbons (Fsp3) is 0.467. The van der Waals surface area contributed by atoms with Crippen LogP contribution in [0.15, 0.2) is 30.6 Å². The first-order valence-corrected chi connectivity index (χ1v) is 7.29. The third kappa shape index (κ3) is 3.86. The number of halogens is 1. The van der Waals surface area contributed by atoms with Gasteiger partial charge in [0.1, 0.15) is 5.82 Å². The first-order chi connectivity index (χ1) is 10.2. The molecule has 0 saturated carbocycles. The monoisotopic (exact) mass is 291 g/mol. The zero-order valence-electron chi connectivity index (χ0n) is 12.5. The Bertz CT molecular complexity index is 547. The molecule has 0 radical (unpaired) electrons. The number of rotatable bonds is 7. The van der Waals surface area contributed by atoms with Crippen LogP contribution in [0.2, 0.25) is 0 Å². The normalized spacial score (nSPS) is 12.8. The Morgan fingerprint density at radius 2 is 2.05 bits per heavy atom. The third-order valence-corrected chi connectivity index (χ3v) is 3.70. The second kappa shape index (κ2) is 7.28. The molecule has 6 heteroatoms. The highest BCUT2D eigenvalue weighted by atomic mass is 19.1. The highest BCUT2D eigenvalue weighted by molar-refractivity contribution is 5.13. The van der Waals surface area contributed by atoms with E-state index in [0.29, 0.717) is 18.2 Å². The van der Waals surface area contributed by atoms with Crippen LogP contribution in [0.25, 0.3) is 0 Å². The molecule has 1 unspecified atom stereocenters. The van der Waals surface area contributed by atoms with Crippen molar-refractivity contribution in [3.05, 3.63) is 47.8 Å². The number of nitrogens with one attached hydrogen (secondary N) is 1. The highest BCUT2D eigenvalue weighted by Gasteiger charge is 2.15. The van der Waals surface area contributed by atoms with Crippen LogP contribution in [0.4, 0.5) is 4.39 Å². The number of pyridine rings is 1. The minimum absolute atomic E-state index is 0.185. The fourth-order valence-corrected chi connectivity index (χ4v) is 2.40. The van der Waals surface area contributed by atoms with Crippen molar-refractivity contribution in [1.29, 1.82) is 0 Å². The molecule has 1 atom stereocenters. The van der Waals surface area contributed by atoms with Crippen LogP contribution in [0, 0.1) is 5.82 Å². The lowest BCUT2D eigenvalue weighted by molar-refractivity contribution is 0.422. The molecule has 2 aromatic heterocycles. The Balaban J connectivity index is 2.10. The van der Waals surface area contributed by atoms with Gasteiger partial charge in [0.15, 0.2) is 0 Å². The molecular formula is C15H22FN5. The predicted octanol–water partition coefficient (Wildman–Crippen LogP) is 2.53. The van der Waals surface area contributed by atoms with Crippen molar-refractivity contribution in [1.82, 2.24) is 20.2 Å². The summed E-state index contributed by atoms with van der Waals surface area (Å²) in [6, 6.07) is 5.25. The van der Waals surface area contributed by atoms with Crippen molar-refractivity contribution >= 4 is 0 Å². The quantitative estimate of drug-likeness (QED) is 0.607. The van der Waals surface area contributed by atoms with E-state index in [1.165, 1.54) is 12.3 Å². The van der Waals surface area contributed by atoms with E-state index in [9.17, 15) is 4.39 Å². The summed E-state index contributed by atoms with van der Waals surface area (Å²) in [6.07, 6.45) is 5.91. The molecule has 0 fully saturated rings. The molecule has 5 nitrogen and oxygen atoms in total. The Kier molecular flexibility index (Phi) is 5.41. The summed E-state index contributed by atoms with van der Waals surface area (Å²) in [5.41, 5.74) is 4.36. The summed E-state index contributed by atoms with van der Waals surface area (Å²) in [6.45, 7) is 4.31. The molecule has 21 heavy (non-hydrogen) atoms. The maximum absolute atomic E-state index is 12.9. The number of nitrogens with zero attached hydrogens (tertiary/aromatic N) is 3. The molecule has 0 saturated heterocycles. The van der Waals surface area contributed by atoms with Gasteiger partial charge in [0, 0.05) is 12.6 Å². The lowest BCUT2D eigenvalue weighted by Crippen LogP contribution is -2.30. The van der Waals surface area contributed by atoms with Crippen LogP contribution in [-0.2, 0) is 6.42 Å². The van der Waals surface area contributed by atoms with E-state index >= 15 is 0 Å². The molecule has 0 aromatic carbocycles. The molecule has 0 aliphatic carbocycles. The highest BCUT2D eigenvalue weighted by Crippen LogP contribution is 2.18. The summed E-state index contributed by atoms with van der Waals surface area (Å²) in [4.78, 5) is 4.07. The molecule has 2 heterocycles. The number of hydrazine groups is 1. The molecule has 0 bridgehead atoms. The van der Waals surface area contributed by atoms with Crippen molar-refractivity contribution in [2.45, 2.75) is 45.2 Å². The largest absolute Gasteiger partial charge is 0.271 e. The summed E-state index contributed by atoms with van der Waals surface area (Å²) in [5, 5.41) is 4.60. The van der Waals surface area contributed by atoms with Gasteiger partial charge in [0.05, 0.1) is 29.7 Å². The molecule has 0 aliphatic rings. The summed E-state index contributed by atoms with van der Waals surface area (Å²) in [5.74, 6) is 5.24. The van der Waals surface area contributed by atoms with Crippen LogP contribution in [0.3, 0.4) is 0 Å². The van der Waals surface area contributed by atoms with Gasteiger partial charge < -0.3 is 0 Å². The van der Waals surface area contributed by atoms with Gasteiger partial charge in [-0.15, -0.1) is 0 Å². The lowest BCUT2D eigenvalue weighted by atomic mass is 10.1.